The Balaban J connectivity index is 0.000000113. The molecule has 0 saturated carbocycles. The normalized spacial score (nSPS) is 14.3. The number of hydrogen-bond donors (Lipinski definition) is 0. The van der Waals surface area contributed by atoms with E-state index < -0.39 is 0 Å². The Bertz CT molecular complexity index is 6390. The quantitative estimate of drug-likeness (QED) is 0.135. The van der Waals surface area contributed by atoms with E-state index in [2.05, 4.69) is 450 Å². The van der Waals surface area contributed by atoms with Crippen molar-refractivity contribution in [1.29, 1.82) is 0 Å². The molecule has 0 radical (unpaired) electrons. The summed E-state index contributed by atoms with van der Waals surface area (Å²) in [5, 5.41) is 0. The van der Waals surface area contributed by atoms with Gasteiger partial charge in [-0.15, -0.1) is 0 Å². The molecule has 0 fully saturated rings. The second-order valence-corrected chi connectivity index (χ2v) is 38.2. The van der Waals surface area contributed by atoms with Crippen molar-refractivity contribution in [3.05, 3.63) is 482 Å². The largest absolute Gasteiger partial charge is 0.310 e. The molecular weight excluding hydrogens is 1490 g/mol. The van der Waals surface area contributed by atoms with Crippen LogP contribution in [-0.4, -0.2) is 0 Å². The first-order valence-electron chi connectivity index (χ1n) is 44.9. The van der Waals surface area contributed by atoms with Gasteiger partial charge in [0.15, 0.2) is 0 Å². The van der Waals surface area contributed by atoms with E-state index in [1.54, 1.807) is 0 Å². The van der Waals surface area contributed by atoms with E-state index in [0.717, 1.165) is 22.7 Å². The van der Waals surface area contributed by atoms with E-state index in [0.29, 0.717) is 0 Å². The molecule has 16 aromatic carbocycles. The minimum atomic E-state index is -0.309. The molecule has 0 N–H and O–H groups in total. The van der Waals surface area contributed by atoms with Crippen LogP contribution in [0.5, 0.6) is 0 Å². The predicted octanol–water partition coefficient (Wildman–Crippen LogP) is 31.5. The molecule has 2 heteroatoms. The highest BCUT2D eigenvalue weighted by Gasteiger charge is 2.49. The van der Waals surface area contributed by atoms with Crippen LogP contribution in [0.25, 0.3) is 44.5 Å². The van der Waals surface area contributed by atoms with Crippen molar-refractivity contribution in [2.45, 2.75) is 172 Å². The molecule has 0 aromatic heterocycles. The van der Waals surface area contributed by atoms with Gasteiger partial charge in [0.05, 0.1) is 10.8 Å². The molecule has 0 atom stereocenters. The SMILES string of the molecule is Cc1cc(C)cc(C2(c3cc(C)cc(C)c3)c3cc(C)ccc3-c3ccc(C)cc32)c1.Cc1ccc(N(c2ccc(C)cc2)c2ccc3c(c2)C(C)(C)c2cc(N(c4ccc(C)cc4)c4ccc(C)cc4)ccc2-3)cc1.Cc1ccc2c(c1)C(C)(C)c1cc(C)ccc1-2.Cc1ccc2c(c1)C(c1ccc3c(c1)CC3)(c1ccc3c(c1)CC3)c1cc(C)ccc1-2. The summed E-state index contributed by atoms with van der Waals surface area (Å²) in [6.45, 7) is 40.1. The standard InChI is InChI=1S/C43H40N2.C31H26.C31H30.C17H18/c1-29-7-15-33(16-8-29)44(34-17-9-30(2)10-18-34)37-23-25-39-40-26-24-38(28-42(40)43(5,6)41(39)27-37)45(35-19-11-31(3)12-20-35)36-21-13-32(4)14-22-36;1-19-3-13-27-28-14-4-20(2)16-30(28)31(29(27)15-19,25-11-9-21-5-7-23(21)17-25)26-12-10-22-6-8-24(22)18-26;1-19-7-9-27-28-10-8-20(2)18-30(28)31(29(27)17-19,25-13-21(3)11-22(4)14-25)26-15-23(5)12-24(6)16-26;1-11-5-7-13-14-8-6-12(2)10-16(14)17(3,4)15(13)9-11/h7-28H,1-6H3;3-4,9-18H,5-8H2,1-2H3;7-18H,1-6H3;5-10H,1-4H3. The third-order valence-electron chi connectivity index (χ3n) is 28.1. The fourth-order valence-electron chi connectivity index (χ4n) is 21.5. The summed E-state index contributed by atoms with van der Waals surface area (Å²) in [5.41, 5.74) is 58.7. The van der Waals surface area contributed by atoms with Gasteiger partial charge in [-0.2, -0.15) is 0 Å². The molecule has 6 aliphatic rings. The third-order valence-corrected chi connectivity index (χ3v) is 28.1. The van der Waals surface area contributed by atoms with Gasteiger partial charge in [0.25, 0.3) is 0 Å². The van der Waals surface area contributed by atoms with Gasteiger partial charge in [-0.3, -0.25) is 0 Å². The molecular formula is C122H114N2. The van der Waals surface area contributed by atoms with Crippen molar-refractivity contribution in [2.75, 3.05) is 9.80 Å². The summed E-state index contributed by atoms with van der Waals surface area (Å²) in [6, 6.07) is 120. The molecule has 22 rings (SSSR count). The van der Waals surface area contributed by atoms with E-state index in [-0.39, 0.29) is 21.7 Å². The Labute approximate surface area is 737 Å². The van der Waals surface area contributed by atoms with Crippen molar-refractivity contribution in [3.63, 3.8) is 0 Å². The maximum atomic E-state index is 2.52. The average Bonchev–Trinajstić information content (AvgIpc) is 1.52. The van der Waals surface area contributed by atoms with E-state index in [4.69, 9.17) is 0 Å². The van der Waals surface area contributed by atoms with E-state index in [9.17, 15) is 0 Å². The highest BCUT2D eigenvalue weighted by atomic mass is 15.1. The molecule has 6 aliphatic carbocycles. The smallest absolute Gasteiger partial charge is 0.0714 e. The summed E-state index contributed by atoms with van der Waals surface area (Å²) in [6.07, 6.45) is 4.88. The zero-order valence-corrected chi connectivity index (χ0v) is 75.7. The molecule has 612 valence electrons. The zero-order valence-electron chi connectivity index (χ0n) is 75.7. The van der Waals surface area contributed by atoms with Gasteiger partial charge in [0.2, 0.25) is 0 Å². The highest BCUT2D eigenvalue weighted by molar-refractivity contribution is 5.92. The van der Waals surface area contributed by atoms with Crippen LogP contribution in [0.15, 0.2) is 315 Å². The Kier molecular flexibility index (Phi) is 20.3. The lowest BCUT2D eigenvalue weighted by molar-refractivity contribution is 0.659. The number of nitrogens with zero attached hydrogens (tertiary/aromatic N) is 2. The minimum absolute atomic E-state index is 0.142. The number of aryl methyl sites for hydroxylation is 18. The van der Waals surface area contributed by atoms with E-state index in [1.165, 1.54) is 248 Å². The minimum Gasteiger partial charge on any atom is -0.310 e. The summed E-state index contributed by atoms with van der Waals surface area (Å²) >= 11 is 0. The molecule has 124 heavy (non-hydrogen) atoms. The number of anilines is 6. The maximum absolute atomic E-state index is 2.52. The van der Waals surface area contributed by atoms with Crippen molar-refractivity contribution < 1.29 is 0 Å². The lowest BCUT2D eigenvalue weighted by atomic mass is 9.65. The van der Waals surface area contributed by atoms with Crippen LogP contribution < -0.4 is 9.80 Å². The van der Waals surface area contributed by atoms with Crippen LogP contribution in [0, 0.1) is 96.9 Å². The zero-order chi connectivity index (χ0) is 86.2. The van der Waals surface area contributed by atoms with E-state index in [1.807, 2.05) is 0 Å². The predicted molar refractivity (Wildman–Crippen MR) is 526 cm³/mol. The van der Waals surface area contributed by atoms with Gasteiger partial charge in [0, 0.05) is 45.0 Å². The molecule has 0 amide bonds. The Hall–Kier alpha value is -12.9. The van der Waals surface area contributed by atoms with Crippen LogP contribution in [0.4, 0.5) is 34.1 Å². The number of rotatable bonds is 10. The first kappa shape index (κ1) is 80.8. The Morgan fingerprint density at radius 3 is 0.621 bits per heavy atom. The first-order valence-corrected chi connectivity index (χ1v) is 44.9. The third kappa shape index (κ3) is 13.9. The average molecular weight is 1610 g/mol. The second kappa shape index (κ2) is 31.2. The van der Waals surface area contributed by atoms with Gasteiger partial charge in [-0.25, -0.2) is 0 Å². The fourth-order valence-corrected chi connectivity index (χ4v) is 21.5. The monoisotopic (exact) mass is 1610 g/mol. The van der Waals surface area contributed by atoms with Gasteiger partial charge in [0.1, 0.15) is 0 Å². The summed E-state index contributed by atoms with van der Waals surface area (Å²) in [7, 11) is 0. The highest BCUT2D eigenvalue weighted by Crippen LogP contribution is 2.61. The van der Waals surface area contributed by atoms with Crippen LogP contribution in [0.3, 0.4) is 0 Å². The second-order valence-electron chi connectivity index (χ2n) is 38.2. The molecule has 2 nitrogen and oxygen atoms in total. The van der Waals surface area contributed by atoms with Crippen LogP contribution in [0.2, 0.25) is 0 Å². The fraction of sp³-hybridized carbons (Fsp3) is 0.213. The van der Waals surface area contributed by atoms with Crippen molar-refractivity contribution >= 4 is 34.1 Å². The van der Waals surface area contributed by atoms with Crippen molar-refractivity contribution in [3.8, 4) is 44.5 Å². The van der Waals surface area contributed by atoms with Gasteiger partial charge in [-0.1, -0.05) is 348 Å². The summed E-state index contributed by atoms with van der Waals surface area (Å²) in [5.74, 6) is 0. The molecule has 0 saturated heterocycles. The van der Waals surface area contributed by atoms with Gasteiger partial charge in [-0.05, 0) is 329 Å². The lowest BCUT2D eigenvalue weighted by Gasteiger charge is -2.37. The Morgan fingerprint density at radius 2 is 0.371 bits per heavy atom. The molecule has 0 heterocycles. The summed E-state index contributed by atoms with van der Waals surface area (Å²) in [4.78, 5) is 4.75. The van der Waals surface area contributed by atoms with Gasteiger partial charge >= 0.3 is 0 Å². The molecule has 0 aliphatic heterocycles. The number of hydrogen-bond acceptors (Lipinski definition) is 2. The maximum Gasteiger partial charge on any atom is 0.0714 e. The molecule has 0 unspecified atom stereocenters. The molecule has 16 aromatic rings. The van der Waals surface area contributed by atoms with Crippen LogP contribution in [-0.2, 0) is 47.3 Å². The number of benzene rings is 16. The molecule has 0 spiro atoms. The number of fused-ring (bicyclic) bond motifs is 14. The Morgan fingerprint density at radius 1 is 0.161 bits per heavy atom. The van der Waals surface area contributed by atoms with Crippen LogP contribution >= 0.6 is 0 Å². The first-order chi connectivity index (χ1) is 59.6. The molecule has 0 bridgehead atoms. The van der Waals surface area contributed by atoms with Crippen molar-refractivity contribution in [2.24, 2.45) is 0 Å². The van der Waals surface area contributed by atoms with Crippen molar-refractivity contribution in [1.82, 2.24) is 0 Å². The topological polar surface area (TPSA) is 6.48 Å². The van der Waals surface area contributed by atoms with E-state index >= 15 is 0 Å². The lowest BCUT2D eigenvalue weighted by Crippen LogP contribution is -2.30. The summed E-state index contributed by atoms with van der Waals surface area (Å²) < 4.78 is 0. The van der Waals surface area contributed by atoms with Crippen LogP contribution in [0.1, 0.15) is 195 Å². The van der Waals surface area contributed by atoms with Gasteiger partial charge < -0.3 is 9.80 Å².